The highest BCUT2D eigenvalue weighted by Gasteiger charge is 2.24. The van der Waals surface area contributed by atoms with E-state index in [2.05, 4.69) is 0 Å². The third-order valence-electron chi connectivity index (χ3n) is 3.33. The highest BCUT2D eigenvalue weighted by atomic mass is 16.5. The highest BCUT2D eigenvalue weighted by Crippen LogP contribution is 2.33. The number of ether oxygens (including phenoxy) is 2. The van der Waals surface area contributed by atoms with Crippen LogP contribution in [0.15, 0.2) is 45.6 Å². The van der Waals surface area contributed by atoms with Gasteiger partial charge >= 0.3 is 5.63 Å². The van der Waals surface area contributed by atoms with E-state index < -0.39 is 11.2 Å². The van der Waals surface area contributed by atoms with Crippen LogP contribution in [-0.2, 0) is 0 Å². The number of hydrogen-bond donors (Lipinski definition) is 0. The van der Waals surface area contributed by atoms with Crippen LogP contribution in [0.25, 0.3) is 17.4 Å². The van der Waals surface area contributed by atoms with Gasteiger partial charge in [-0.05, 0) is 38.1 Å². The number of methoxy groups -OCH3 is 1. The van der Waals surface area contributed by atoms with Gasteiger partial charge in [0, 0.05) is 11.6 Å². The summed E-state index contributed by atoms with van der Waals surface area (Å²) in [5.74, 6) is 1.70. The smallest absolute Gasteiger partial charge is 0.347 e. The second-order valence-corrected chi connectivity index (χ2v) is 5.45. The Labute approximate surface area is 122 Å². The predicted octanol–water partition coefficient (Wildman–Crippen LogP) is 3.50. The lowest BCUT2D eigenvalue weighted by molar-refractivity contribution is 0.157. The first-order valence-corrected chi connectivity index (χ1v) is 6.69. The maximum absolute atomic E-state index is 12.1. The molecular formula is C17H16O4. The number of hydrogen-bond acceptors (Lipinski definition) is 4. The van der Waals surface area contributed by atoms with Crippen molar-refractivity contribution in [2.24, 2.45) is 0 Å². The van der Waals surface area contributed by atoms with Crippen LogP contribution in [0, 0.1) is 0 Å². The Balaban J connectivity index is 2.12. The van der Waals surface area contributed by atoms with Crippen molar-refractivity contribution in [1.82, 2.24) is 0 Å². The van der Waals surface area contributed by atoms with E-state index in [1.807, 2.05) is 44.2 Å². The molecule has 3 rings (SSSR count). The van der Waals surface area contributed by atoms with Crippen LogP contribution in [0.4, 0.5) is 0 Å². The SMILES string of the molecule is COc1cccc(-c2cc3c(c(=O)o2)C=CC(C)(C)O3)c1. The van der Waals surface area contributed by atoms with E-state index in [9.17, 15) is 4.79 Å². The largest absolute Gasteiger partial charge is 0.497 e. The van der Waals surface area contributed by atoms with Gasteiger partial charge in [-0.15, -0.1) is 0 Å². The minimum atomic E-state index is -0.438. The molecular weight excluding hydrogens is 268 g/mol. The minimum Gasteiger partial charge on any atom is -0.497 e. The summed E-state index contributed by atoms with van der Waals surface area (Å²) in [5, 5.41) is 0. The van der Waals surface area contributed by atoms with Crippen molar-refractivity contribution in [1.29, 1.82) is 0 Å². The normalized spacial score (nSPS) is 15.2. The Bertz CT molecular complexity index is 769. The number of rotatable bonds is 2. The van der Waals surface area contributed by atoms with Crippen LogP contribution in [0.5, 0.6) is 11.5 Å². The molecule has 21 heavy (non-hydrogen) atoms. The molecule has 0 saturated carbocycles. The van der Waals surface area contributed by atoms with Crippen LogP contribution < -0.4 is 15.1 Å². The zero-order valence-electron chi connectivity index (χ0n) is 12.2. The highest BCUT2D eigenvalue weighted by molar-refractivity contribution is 5.66. The molecule has 2 heterocycles. The average Bonchev–Trinajstić information content (AvgIpc) is 2.45. The van der Waals surface area contributed by atoms with Gasteiger partial charge in [0.05, 0.1) is 7.11 Å². The minimum absolute atomic E-state index is 0.405. The molecule has 0 amide bonds. The summed E-state index contributed by atoms with van der Waals surface area (Å²) >= 11 is 0. The van der Waals surface area contributed by atoms with Gasteiger partial charge in [0.25, 0.3) is 0 Å². The first-order chi connectivity index (χ1) is 9.98. The summed E-state index contributed by atoms with van der Waals surface area (Å²) in [5.41, 5.74) is 0.371. The summed E-state index contributed by atoms with van der Waals surface area (Å²) in [6.45, 7) is 3.87. The van der Waals surface area contributed by atoms with Gasteiger partial charge in [0.2, 0.25) is 0 Å². The topological polar surface area (TPSA) is 48.7 Å². The van der Waals surface area contributed by atoms with Gasteiger partial charge in [-0.3, -0.25) is 0 Å². The van der Waals surface area contributed by atoms with E-state index in [-0.39, 0.29) is 0 Å². The molecule has 0 bridgehead atoms. The fourth-order valence-corrected chi connectivity index (χ4v) is 2.24. The van der Waals surface area contributed by atoms with Gasteiger partial charge in [0.1, 0.15) is 28.4 Å². The zero-order chi connectivity index (χ0) is 15.0. The van der Waals surface area contributed by atoms with Crippen molar-refractivity contribution < 1.29 is 13.9 Å². The Morgan fingerprint density at radius 3 is 2.76 bits per heavy atom. The molecule has 0 spiro atoms. The van der Waals surface area contributed by atoms with Crippen LogP contribution >= 0.6 is 0 Å². The van der Waals surface area contributed by atoms with Gasteiger partial charge in [0.15, 0.2) is 0 Å². The Morgan fingerprint density at radius 1 is 1.19 bits per heavy atom. The molecule has 0 fully saturated rings. The van der Waals surface area contributed by atoms with Gasteiger partial charge in [-0.2, -0.15) is 0 Å². The standard InChI is InChI=1S/C17H16O4/c1-17(2)8-7-13-15(21-17)10-14(20-16(13)18)11-5-4-6-12(9-11)19-3/h4-10H,1-3H3. The summed E-state index contributed by atoms with van der Waals surface area (Å²) in [6.07, 6.45) is 3.59. The molecule has 1 aromatic heterocycles. The monoisotopic (exact) mass is 284 g/mol. The Morgan fingerprint density at radius 2 is 2.00 bits per heavy atom. The Hall–Kier alpha value is -2.49. The molecule has 0 radical (unpaired) electrons. The molecule has 1 aliphatic rings. The average molecular weight is 284 g/mol. The molecule has 0 aliphatic carbocycles. The van der Waals surface area contributed by atoms with Crippen molar-refractivity contribution >= 4 is 6.08 Å². The van der Waals surface area contributed by atoms with Gasteiger partial charge < -0.3 is 13.9 Å². The van der Waals surface area contributed by atoms with Crippen LogP contribution in [0.1, 0.15) is 19.4 Å². The fraction of sp³-hybridized carbons (Fsp3) is 0.235. The zero-order valence-corrected chi connectivity index (χ0v) is 12.2. The molecule has 0 N–H and O–H groups in total. The molecule has 1 aromatic carbocycles. The molecule has 4 heteroatoms. The van der Waals surface area contributed by atoms with Crippen LogP contribution in [0.2, 0.25) is 0 Å². The van der Waals surface area contributed by atoms with Crippen molar-refractivity contribution in [3.05, 3.63) is 52.4 Å². The summed E-state index contributed by atoms with van der Waals surface area (Å²) in [6, 6.07) is 9.10. The van der Waals surface area contributed by atoms with E-state index in [1.165, 1.54) is 0 Å². The maximum atomic E-state index is 12.1. The predicted molar refractivity (Wildman–Crippen MR) is 80.7 cm³/mol. The number of benzene rings is 1. The summed E-state index contributed by atoms with van der Waals surface area (Å²) < 4.78 is 16.4. The third kappa shape index (κ3) is 2.57. The molecule has 0 saturated heterocycles. The Kier molecular flexibility index (Phi) is 3.09. The van der Waals surface area contributed by atoms with Crippen molar-refractivity contribution in [2.75, 3.05) is 7.11 Å². The summed E-state index contributed by atoms with van der Waals surface area (Å²) in [4.78, 5) is 12.1. The van der Waals surface area contributed by atoms with Gasteiger partial charge in [-0.1, -0.05) is 12.1 Å². The quantitative estimate of drug-likeness (QED) is 0.847. The second-order valence-electron chi connectivity index (χ2n) is 5.45. The van der Waals surface area contributed by atoms with E-state index in [4.69, 9.17) is 13.9 Å². The van der Waals surface area contributed by atoms with Crippen LogP contribution in [-0.4, -0.2) is 12.7 Å². The van der Waals surface area contributed by atoms with Gasteiger partial charge in [-0.25, -0.2) is 4.79 Å². The molecule has 108 valence electrons. The van der Waals surface area contributed by atoms with E-state index in [1.54, 1.807) is 19.3 Å². The molecule has 4 nitrogen and oxygen atoms in total. The molecule has 0 unspecified atom stereocenters. The second kappa shape index (κ2) is 4.81. The first kappa shape index (κ1) is 13.5. The van der Waals surface area contributed by atoms with Crippen molar-refractivity contribution in [3.8, 4) is 22.8 Å². The fourth-order valence-electron chi connectivity index (χ4n) is 2.24. The lowest BCUT2D eigenvalue weighted by Crippen LogP contribution is -2.29. The lowest BCUT2D eigenvalue weighted by Gasteiger charge is -2.27. The van der Waals surface area contributed by atoms with Crippen LogP contribution in [0.3, 0.4) is 0 Å². The van der Waals surface area contributed by atoms with Crippen molar-refractivity contribution in [3.63, 3.8) is 0 Å². The number of fused-ring (bicyclic) bond motifs is 1. The van der Waals surface area contributed by atoms with E-state index in [0.717, 1.165) is 5.56 Å². The van der Waals surface area contributed by atoms with E-state index in [0.29, 0.717) is 22.8 Å². The van der Waals surface area contributed by atoms with Crippen molar-refractivity contribution in [2.45, 2.75) is 19.4 Å². The summed E-state index contributed by atoms with van der Waals surface area (Å²) in [7, 11) is 1.60. The molecule has 2 aromatic rings. The van der Waals surface area contributed by atoms with E-state index >= 15 is 0 Å². The maximum Gasteiger partial charge on any atom is 0.347 e. The third-order valence-corrected chi connectivity index (χ3v) is 3.33. The molecule has 1 aliphatic heterocycles. The molecule has 0 atom stereocenters. The first-order valence-electron chi connectivity index (χ1n) is 6.69. The lowest BCUT2D eigenvalue weighted by atomic mass is 10.0.